The number of carbonyl (C=O) groups is 1. The molecule has 0 radical (unpaired) electrons. The summed E-state index contributed by atoms with van der Waals surface area (Å²) in [5.41, 5.74) is 9.98. The highest BCUT2D eigenvalue weighted by molar-refractivity contribution is 5.99. The number of anilines is 3. The Balaban J connectivity index is 1.55. The Hall–Kier alpha value is -4.51. The van der Waals surface area contributed by atoms with Gasteiger partial charge in [-0.05, 0) is 36.8 Å². The number of piperazine rings is 1. The lowest BCUT2D eigenvalue weighted by Gasteiger charge is -2.36. The molecule has 37 heavy (non-hydrogen) atoms. The van der Waals surface area contributed by atoms with Crippen molar-refractivity contribution < 1.29 is 14.3 Å². The van der Waals surface area contributed by atoms with Crippen molar-refractivity contribution in [2.45, 2.75) is 13.0 Å². The molecule has 1 amide bonds. The highest BCUT2D eigenvalue weighted by Crippen LogP contribution is 2.33. The first kappa shape index (κ1) is 24.2. The summed E-state index contributed by atoms with van der Waals surface area (Å²) in [5, 5.41) is 6.35. The highest BCUT2D eigenvalue weighted by atomic mass is 16.5. The molecule has 11 nitrogen and oxygen atoms in total. The number of nitrogens with one attached hydrogen (secondary N) is 2. The number of nitrogen functional groups attached to an aromatic ring is 1. The molecule has 0 spiro atoms. The molecule has 4 N–H and O–H groups in total. The monoisotopic (exact) mass is 500 g/mol. The summed E-state index contributed by atoms with van der Waals surface area (Å²) < 4.78 is 10.8. The minimum atomic E-state index is -0.544. The SMILES string of the molecule is COc1ccc(-c2cnc3nc(N)nc(N4CCNCC4C(=O)Nc4ccccc4C)c3n2)cc1OC. The first-order valence-corrected chi connectivity index (χ1v) is 11.8. The lowest BCUT2D eigenvalue weighted by atomic mass is 10.1. The van der Waals surface area contributed by atoms with Gasteiger partial charge in [-0.3, -0.25) is 4.79 Å². The number of fused-ring (bicyclic) bond motifs is 1. The topological polar surface area (TPSA) is 140 Å². The molecule has 0 aliphatic carbocycles. The van der Waals surface area contributed by atoms with Crippen LogP contribution in [-0.4, -0.2) is 65.7 Å². The number of nitrogens with two attached hydrogens (primary N) is 1. The number of carbonyl (C=O) groups excluding carboxylic acids is 1. The third kappa shape index (κ3) is 4.81. The molecule has 2 aromatic carbocycles. The van der Waals surface area contributed by atoms with Gasteiger partial charge in [0.1, 0.15) is 6.04 Å². The Bertz CT molecular complexity index is 1460. The van der Waals surface area contributed by atoms with Crippen LogP contribution in [0.3, 0.4) is 0 Å². The molecule has 1 unspecified atom stereocenters. The van der Waals surface area contributed by atoms with Gasteiger partial charge in [0.15, 0.2) is 28.5 Å². The summed E-state index contributed by atoms with van der Waals surface area (Å²) in [6.07, 6.45) is 1.62. The number of benzene rings is 2. The van der Waals surface area contributed by atoms with Gasteiger partial charge >= 0.3 is 0 Å². The molecule has 190 valence electrons. The van der Waals surface area contributed by atoms with E-state index in [1.165, 1.54) is 0 Å². The predicted octanol–water partition coefficient (Wildman–Crippen LogP) is 2.41. The summed E-state index contributed by atoms with van der Waals surface area (Å²) in [5.74, 6) is 1.55. The molecule has 1 saturated heterocycles. The summed E-state index contributed by atoms with van der Waals surface area (Å²) in [6, 6.07) is 12.6. The van der Waals surface area contributed by atoms with Crippen LogP contribution in [0.15, 0.2) is 48.7 Å². The maximum Gasteiger partial charge on any atom is 0.248 e. The number of para-hydroxylation sites is 1. The summed E-state index contributed by atoms with van der Waals surface area (Å²) in [6.45, 7) is 3.59. The van der Waals surface area contributed by atoms with Crippen molar-refractivity contribution in [3.8, 4) is 22.8 Å². The van der Waals surface area contributed by atoms with E-state index >= 15 is 0 Å². The molecular weight excluding hydrogens is 472 g/mol. The normalized spacial score (nSPS) is 15.4. The second-order valence-corrected chi connectivity index (χ2v) is 8.62. The summed E-state index contributed by atoms with van der Waals surface area (Å²) in [4.78, 5) is 33.5. The molecular formula is C26H28N8O3. The maximum atomic E-state index is 13.4. The van der Waals surface area contributed by atoms with Gasteiger partial charge in [0.2, 0.25) is 11.9 Å². The Morgan fingerprint density at radius 2 is 1.92 bits per heavy atom. The van der Waals surface area contributed by atoms with Gasteiger partial charge in [-0.15, -0.1) is 0 Å². The van der Waals surface area contributed by atoms with Crippen LogP contribution in [0.1, 0.15) is 5.56 Å². The highest BCUT2D eigenvalue weighted by Gasteiger charge is 2.32. The lowest BCUT2D eigenvalue weighted by Crippen LogP contribution is -2.57. The van der Waals surface area contributed by atoms with Crippen LogP contribution < -0.4 is 30.7 Å². The van der Waals surface area contributed by atoms with Crippen LogP contribution in [0.4, 0.5) is 17.5 Å². The standard InChI is InChI=1S/C26H28N8O3/c1-15-6-4-5-7-17(15)31-25(35)19-14-28-10-11-34(19)24-22-23(32-26(27)33-24)29-13-18(30-22)16-8-9-20(36-2)21(12-16)37-3/h4-9,12-13,19,28H,10-11,14H2,1-3H3,(H,31,35)(H2,27,29,32,33). The van der Waals surface area contributed by atoms with E-state index in [1.807, 2.05) is 54.3 Å². The van der Waals surface area contributed by atoms with Gasteiger partial charge < -0.3 is 30.7 Å². The van der Waals surface area contributed by atoms with Crippen molar-refractivity contribution in [2.24, 2.45) is 0 Å². The van der Waals surface area contributed by atoms with E-state index in [2.05, 4.69) is 25.6 Å². The van der Waals surface area contributed by atoms with Crippen LogP contribution in [0, 0.1) is 6.92 Å². The third-order valence-corrected chi connectivity index (χ3v) is 6.31. The quantitative estimate of drug-likeness (QED) is 0.361. The first-order chi connectivity index (χ1) is 18.0. The Labute approximate surface area is 214 Å². The fraction of sp³-hybridized carbons (Fsp3) is 0.269. The fourth-order valence-corrected chi connectivity index (χ4v) is 4.37. The molecule has 2 aromatic heterocycles. The van der Waals surface area contributed by atoms with Crippen molar-refractivity contribution in [2.75, 3.05) is 49.8 Å². The second kappa shape index (κ2) is 10.2. The van der Waals surface area contributed by atoms with Crippen LogP contribution >= 0.6 is 0 Å². The van der Waals surface area contributed by atoms with Gasteiger partial charge in [0.05, 0.1) is 26.1 Å². The third-order valence-electron chi connectivity index (χ3n) is 6.31. The van der Waals surface area contributed by atoms with Crippen molar-refractivity contribution in [1.82, 2.24) is 25.3 Å². The number of rotatable bonds is 6. The van der Waals surface area contributed by atoms with E-state index in [4.69, 9.17) is 20.2 Å². The van der Waals surface area contributed by atoms with Gasteiger partial charge in [0.25, 0.3) is 0 Å². The maximum absolute atomic E-state index is 13.4. The van der Waals surface area contributed by atoms with Gasteiger partial charge in [-0.2, -0.15) is 9.97 Å². The second-order valence-electron chi connectivity index (χ2n) is 8.62. The number of hydrogen-bond donors (Lipinski definition) is 3. The molecule has 1 aliphatic heterocycles. The van der Waals surface area contributed by atoms with Gasteiger partial charge in [-0.1, -0.05) is 18.2 Å². The van der Waals surface area contributed by atoms with Crippen LogP contribution in [-0.2, 0) is 4.79 Å². The van der Waals surface area contributed by atoms with Crippen molar-refractivity contribution >= 4 is 34.5 Å². The van der Waals surface area contributed by atoms with Crippen LogP contribution in [0.2, 0.25) is 0 Å². The molecule has 1 atom stereocenters. The predicted molar refractivity (Wildman–Crippen MR) is 142 cm³/mol. The zero-order valence-corrected chi connectivity index (χ0v) is 20.9. The summed E-state index contributed by atoms with van der Waals surface area (Å²) >= 11 is 0. The van der Waals surface area contributed by atoms with E-state index in [9.17, 15) is 4.79 Å². The average Bonchev–Trinajstić information content (AvgIpc) is 2.93. The number of amides is 1. The number of nitrogens with zero attached hydrogens (tertiary/aromatic N) is 5. The molecule has 5 rings (SSSR count). The smallest absolute Gasteiger partial charge is 0.248 e. The number of methoxy groups -OCH3 is 2. The van der Waals surface area contributed by atoms with E-state index < -0.39 is 6.04 Å². The van der Waals surface area contributed by atoms with E-state index in [-0.39, 0.29) is 11.9 Å². The van der Waals surface area contributed by atoms with Crippen LogP contribution in [0.25, 0.3) is 22.4 Å². The zero-order valence-electron chi connectivity index (χ0n) is 20.9. The molecule has 0 bridgehead atoms. The van der Waals surface area contributed by atoms with Crippen molar-refractivity contribution in [1.29, 1.82) is 0 Å². The first-order valence-electron chi connectivity index (χ1n) is 11.8. The largest absolute Gasteiger partial charge is 0.493 e. The van der Waals surface area contributed by atoms with Gasteiger partial charge in [0, 0.05) is 30.9 Å². The van der Waals surface area contributed by atoms with Crippen molar-refractivity contribution in [3.05, 3.63) is 54.2 Å². The molecule has 1 fully saturated rings. The van der Waals surface area contributed by atoms with E-state index in [1.54, 1.807) is 20.4 Å². The van der Waals surface area contributed by atoms with Gasteiger partial charge in [-0.25, -0.2) is 9.97 Å². The van der Waals surface area contributed by atoms with Crippen LogP contribution in [0.5, 0.6) is 11.5 Å². The number of aromatic nitrogens is 4. The molecule has 4 aromatic rings. The number of ether oxygens (including phenoxy) is 2. The van der Waals surface area contributed by atoms with Crippen molar-refractivity contribution in [3.63, 3.8) is 0 Å². The number of hydrogen-bond acceptors (Lipinski definition) is 10. The zero-order chi connectivity index (χ0) is 25.9. The summed E-state index contributed by atoms with van der Waals surface area (Å²) in [7, 11) is 3.16. The molecule has 3 heterocycles. The van der Waals surface area contributed by atoms with E-state index in [0.717, 1.165) is 16.8 Å². The Kier molecular flexibility index (Phi) is 6.69. The minimum absolute atomic E-state index is 0.0623. The van der Waals surface area contributed by atoms with E-state index in [0.29, 0.717) is 53.8 Å². The Morgan fingerprint density at radius 3 is 2.70 bits per heavy atom. The molecule has 1 aliphatic rings. The number of aryl methyl sites for hydroxylation is 1. The average molecular weight is 501 g/mol. The minimum Gasteiger partial charge on any atom is -0.493 e. The molecule has 0 saturated carbocycles. The fourth-order valence-electron chi connectivity index (χ4n) is 4.37. The Morgan fingerprint density at radius 1 is 1.11 bits per heavy atom. The lowest BCUT2D eigenvalue weighted by molar-refractivity contribution is -0.117. The molecule has 11 heteroatoms.